The first-order chi connectivity index (χ1) is 11.6. The number of nitrogens with zero attached hydrogens (tertiary/aromatic N) is 3. The minimum Gasteiger partial charge on any atom is -0.506 e. The Labute approximate surface area is 143 Å². The second kappa shape index (κ2) is 7.18. The number of nitrogens with one attached hydrogen (secondary N) is 1. The molecule has 2 N–H and O–H groups in total. The van der Waals surface area contributed by atoms with Crippen molar-refractivity contribution in [3.05, 3.63) is 60.4 Å². The van der Waals surface area contributed by atoms with Crippen LogP contribution in [0.3, 0.4) is 0 Å². The second-order valence-corrected chi connectivity index (χ2v) is 6.00. The number of carbonyl (C=O) groups is 1. The summed E-state index contributed by atoms with van der Waals surface area (Å²) in [6, 6.07) is 16.4. The minimum absolute atomic E-state index is 0.0409. The zero-order valence-corrected chi connectivity index (χ0v) is 13.8. The molecule has 7 heteroatoms. The monoisotopic (exact) mass is 340 g/mol. The Hall–Kier alpha value is -2.80. The number of hydrogen-bond acceptors (Lipinski definition) is 5. The van der Waals surface area contributed by atoms with Gasteiger partial charge in [-0.2, -0.15) is 0 Å². The molecular formula is C17H16N4O2S. The van der Waals surface area contributed by atoms with Crippen molar-refractivity contribution in [2.24, 2.45) is 0 Å². The fourth-order valence-electron chi connectivity index (χ4n) is 2.21. The van der Waals surface area contributed by atoms with Gasteiger partial charge in [-0.3, -0.25) is 9.36 Å². The van der Waals surface area contributed by atoms with Crippen molar-refractivity contribution in [2.45, 2.75) is 12.1 Å². The van der Waals surface area contributed by atoms with Gasteiger partial charge in [-0.15, -0.1) is 10.2 Å². The first kappa shape index (κ1) is 16.1. The maximum absolute atomic E-state index is 12.1. The SMILES string of the molecule is Cc1nnc(SCC(=O)Nc2ccccc2O)n1-c1ccccc1. The van der Waals surface area contributed by atoms with E-state index in [9.17, 15) is 9.90 Å². The lowest BCUT2D eigenvalue weighted by Crippen LogP contribution is -2.14. The summed E-state index contributed by atoms with van der Waals surface area (Å²) in [5.74, 6) is 0.741. The summed E-state index contributed by atoms with van der Waals surface area (Å²) in [5, 5.41) is 21.2. The third-order valence-electron chi connectivity index (χ3n) is 3.32. The highest BCUT2D eigenvalue weighted by molar-refractivity contribution is 7.99. The van der Waals surface area contributed by atoms with Gasteiger partial charge in [-0.05, 0) is 31.2 Å². The summed E-state index contributed by atoms with van der Waals surface area (Å²) in [6.45, 7) is 1.87. The molecule has 0 aliphatic heterocycles. The van der Waals surface area contributed by atoms with Crippen LogP contribution in [0.1, 0.15) is 5.82 Å². The van der Waals surface area contributed by atoms with Gasteiger partial charge in [-0.1, -0.05) is 42.1 Å². The summed E-state index contributed by atoms with van der Waals surface area (Å²) in [6.07, 6.45) is 0. The van der Waals surface area contributed by atoms with Gasteiger partial charge in [0.25, 0.3) is 0 Å². The Balaban J connectivity index is 1.70. The minimum atomic E-state index is -0.221. The molecule has 0 spiro atoms. The average molecular weight is 340 g/mol. The quantitative estimate of drug-likeness (QED) is 0.551. The summed E-state index contributed by atoms with van der Waals surface area (Å²) in [4.78, 5) is 12.1. The largest absolute Gasteiger partial charge is 0.506 e. The fourth-order valence-corrected chi connectivity index (χ4v) is 3.00. The van der Waals surface area contributed by atoms with Crippen LogP contribution in [0.4, 0.5) is 5.69 Å². The smallest absolute Gasteiger partial charge is 0.234 e. The molecule has 2 aromatic carbocycles. The predicted molar refractivity (Wildman–Crippen MR) is 93.6 cm³/mol. The van der Waals surface area contributed by atoms with Crippen molar-refractivity contribution in [1.29, 1.82) is 0 Å². The number of aromatic nitrogens is 3. The van der Waals surface area contributed by atoms with Crippen LogP contribution in [0, 0.1) is 6.92 Å². The number of anilines is 1. The van der Waals surface area contributed by atoms with E-state index in [0.29, 0.717) is 10.8 Å². The standard InChI is InChI=1S/C17H16N4O2S/c1-12-19-20-17(21(12)13-7-3-2-4-8-13)24-11-16(23)18-14-9-5-6-10-15(14)22/h2-10,22H,11H2,1H3,(H,18,23). The number of phenols is 1. The van der Waals surface area contributed by atoms with E-state index in [1.54, 1.807) is 18.2 Å². The molecule has 3 aromatic rings. The molecule has 0 aliphatic carbocycles. The zero-order chi connectivity index (χ0) is 16.9. The number of hydrogen-bond donors (Lipinski definition) is 2. The molecule has 0 radical (unpaired) electrons. The van der Waals surface area contributed by atoms with Crippen molar-refractivity contribution < 1.29 is 9.90 Å². The number of aromatic hydroxyl groups is 1. The van der Waals surface area contributed by atoms with E-state index in [1.165, 1.54) is 17.8 Å². The first-order valence-electron chi connectivity index (χ1n) is 7.33. The van der Waals surface area contributed by atoms with Gasteiger partial charge >= 0.3 is 0 Å². The summed E-state index contributed by atoms with van der Waals surface area (Å²) in [7, 11) is 0. The molecule has 1 aromatic heterocycles. The Morgan fingerprint density at radius 1 is 1.12 bits per heavy atom. The molecule has 122 valence electrons. The van der Waals surface area contributed by atoms with E-state index >= 15 is 0 Å². The molecule has 0 atom stereocenters. The maximum atomic E-state index is 12.1. The summed E-state index contributed by atoms with van der Waals surface area (Å²) in [5.41, 5.74) is 1.34. The van der Waals surface area contributed by atoms with Crippen molar-refractivity contribution in [3.8, 4) is 11.4 Å². The second-order valence-electron chi connectivity index (χ2n) is 5.05. The van der Waals surface area contributed by atoms with Gasteiger partial charge in [0.2, 0.25) is 5.91 Å². The lowest BCUT2D eigenvalue weighted by Gasteiger charge is -2.09. The number of para-hydroxylation sites is 3. The Bertz CT molecular complexity index is 849. The molecule has 1 heterocycles. The van der Waals surface area contributed by atoms with Crippen LogP contribution in [-0.4, -0.2) is 31.5 Å². The molecule has 0 saturated carbocycles. The van der Waals surface area contributed by atoms with E-state index in [0.717, 1.165) is 11.5 Å². The van der Waals surface area contributed by atoms with Crippen molar-refractivity contribution in [2.75, 3.05) is 11.1 Å². The normalized spacial score (nSPS) is 10.5. The van der Waals surface area contributed by atoms with Gasteiger partial charge in [-0.25, -0.2) is 0 Å². The number of thioether (sulfide) groups is 1. The maximum Gasteiger partial charge on any atom is 0.234 e. The third kappa shape index (κ3) is 3.57. The molecule has 1 amide bonds. The topological polar surface area (TPSA) is 80.0 Å². The van der Waals surface area contributed by atoms with Gasteiger partial charge < -0.3 is 10.4 Å². The summed E-state index contributed by atoms with van der Waals surface area (Å²) >= 11 is 1.29. The van der Waals surface area contributed by atoms with E-state index in [2.05, 4.69) is 15.5 Å². The highest BCUT2D eigenvalue weighted by atomic mass is 32.2. The fraction of sp³-hybridized carbons (Fsp3) is 0.118. The van der Waals surface area contributed by atoms with Gasteiger partial charge in [0.1, 0.15) is 11.6 Å². The number of aryl methyl sites for hydroxylation is 1. The van der Waals surface area contributed by atoms with E-state index in [4.69, 9.17) is 0 Å². The Morgan fingerprint density at radius 2 is 1.83 bits per heavy atom. The Morgan fingerprint density at radius 3 is 2.58 bits per heavy atom. The van der Waals surface area contributed by atoms with Crippen molar-refractivity contribution in [1.82, 2.24) is 14.8 Å². The Kier molecular flexibility index (Phi) is 4.81. The van der Waals surface area contributed by atoms with Crippen LogP contribution in [-0.2, 0) is 4.79 Å². The zero-order valence-electron chi connectivity index (χ0n) is 13.0. The van der Waals surface area contributed by atoms with Crippen LogP contribution >= 0.6 is 11.8 Å². The van der Waals surface area contributed by atoms with Gasteiger partial charge in [0.05, 0.1) is 11.4 Å². The molecule has 0 bridgehead atoms. The number of phenolic OH excluding ortho intramolecular Hbond substituents is 1. The van der Waals surface area contributed by atoms with E-state index < -0.39 is 0 Å². The highest BCUT2D eigenvalue weighted by Gasteiger charge is 2.13. The molecule has 0 unspecified atom stereocenters. The molecule has 0 fully saturated rings. The predicted octanol–water partition coefficient (Wildman–Crippen LogP) is 3.01. The van der Waals surface area contributed by atoms with E-state index in [-0.39, 0.29) is 17.4 Å². The molecule has 24 heavy (non-hydrogen) atoms. The lowest BCUT2D eigenvalue weighted by molar-refractivity contribution is -0.113. The van der Waals surface area contributed by atoms with Crippen LogP contribution in [0.25, 0.3) is 5.69 Å². The molecule has 3 rings (SSSR count). The van der Waals surface area contributed by atoms with Gasteiger partial charge in [0, 0.05) is 5.69 Å². The van der Waals surface area contributed by atoms with Gasteiger partial charge in [0.15, 0.2) is 5.16 Å². The number of rotatable bonds is 5. The number of amides is 1. The van der Waals surface area contributed by atoms with E-state index in [1.807, 2.05) is 41.8 Å². The van der Waals surface area contributed by atoms with Crippen LogP contribution < -0.4 is 5.32 Å². The molecule has 0 aliphatic rings. The lowest BCUT2D eigenvalue weighted by atomic mass is 10.3. The van der Waals surface area contributed by atoms with Crippen molar-refractivity contribution >= 4 is 23.4 Å². The highest BCUT2D eigenvalue weighted by Crippen LogP contribution is 2.24. The van der Waals surface area contributed by atoms with Crippen LogP contribution in [0.2, 0.25) is 0 Å². The molecule has 0 saturated heterocycles. The van der Waals surface area contributed by atoms with Crippen LogP contribution in [0.15, 0.2) is 59.8 Å². The summed E-state index contributed by atoms with van der Waals surface area (Å²) < 4.78 is 1.90. The van der Waals surface area contributed by atoms with Crippen LogP contribution in [0.5, 0.6) is 5.75 Å². The first-order valence-corrected chi connectivity index (χ1v) is 8.32. The average Bonchev–Trinajstić information content (AvgIpc) is 2.96. The molecule has 6 nitrogen and oxygen atoms in total. The third-order valence-corrected chi connectivity index (χ3v) is 4.25. The van der Waals surface area contributed by atoms with Crippen molar-refractivity contribution in [3.63, 3.8) is 0 Å². The molecular weight excluding hydrogens is 324 g/mol. The number of benzene rings is 2. The number of carbonyl (C=O) groups excluding carboxylic acids is 1.